The maximum atomic E-state index is 13.0. The molecule has 0 bridgehead atoms. The molecule has 3 aromatic rings. The van der Waals surface area contributed by atoms with E-state index in [4.69, 9.17) is 30.7 Å². The van der Waals surface area contributed by atoms with Crippen LogP contribution in [0.5, 0.6) is 5.75 Å². The average molecular weight is 772 g/mol. The number of ether oxygens (including phenoxy) is 1. The van der Waals surface area contributed by atoms with E-state index < -0.39 is 21.0 Å². The van der Waals surface area contributed by atoms with Crippen LogP contribution >= 0.6 is 27.5 Å². The number of aryl methyl sites for hydroxylation is 1. The molecule has 2 aromatic heterocycles. The summed E-state index contributed by atoms with van der Waals surface area (Å²) in [6, 6.07) is 5.52. The van der Waals surface area contributed by atoms with E-state index in [1.807, 2.05) is 33.0 Å². The molecule has 48 heavy (non-hydrogen) atoms. The number of halogens is 5. The van der Waals surface area contributed by atoms with Crippen molar-refractivity contribution in [3.05, 3.63) is 39.0 Å². The van der Waals surface area contributed by atoms with E-state index in [0.717, 1.165) is 45.8 Å². The number of likely N-dealkylation sites (tertiary alicyclic amines) is 1. The van der Waals surface area contributed by atoms with Gasteiger partial charge in [-0.3, -0.25) is 9.58 Å². The number of anilines is 1. The van der Waals surface area contributed by atoms with Gasteiger partial charge in [-0.2, -0.15) is 18.3 Å². The molecule has 2 aliphatic heterocycles. The number of aromatic nitrogens is 4. The minimum Gasteiger partial charge on any atom is -0.491 e. The van der Waals surface area contributed by atoms with Gasteiger partial charge in [0.15, 0.2) is 14.1 Å². The van der Waals surface area contributed by atoms with E-state index in [0.29, 0.717) is 54.9 Å². The molecule has 0 radical (unpaired) electrons. The third-order valence-corrected chi connectivity index (χ3v) is 15.6. The Morgan fingerprint density at radius 1 is 1.06 bits per heavy atom. The number of benzene rings is 1. The van der Waals surface area contributed by atoms with Gasteiger partial charge < -0.3 is 14.1 Å². The molecule has 5 rings (SSSR count). The second-order valence-electron chi connectivity index (χ2n) is 15.1. The van der Waals surface area contributed by atoms with Crippen molar-refractivity contribution in [2.24, 2.45) is 12.5 Å². The lowest BCUT2D eigenvalue weighted by Crippen LogP contribution is -2.73. The predicted octanol–water partition coefficient (Wildman–Crippen LogP) is 8.83. The molecule has 0 amide bonds. The first-order valence-corrected chi connectivity index (χ1v) is 20.5. The van der Waals surface area contributed by atoms with E-state index >= 15 is 0 Å². The van der Waals surface area contributed by atoms with Gasteiger partial charge in [0.25, 0.3) is 0 Å². The lowest BCUT2D eigenvalue weighted by molar-refractivity contribution is -0.172. The third kappa shape index (κ3) is 7.74. The van der Waals surface area contributed by atoms with E-state index in [-0.39, 0.29) is 16.6 Å². The van der Waals surface area contributed by atoms with Gasteiger partial charge in [-0.1, -0.05) is 45.7 Å². The topological polar surface area (TPSA) is 68.5 Å². The van der Waals surface area contributed by atoms with Crippen LogP contribution in [0.4, 0.5) is 19.0 Å². The van der Waals surface area contributed by atoms with E-state index in [1.165, 1.54) is 4.90 Å². The molecule has 0 N–H and O–H groups in total. The molecule has 2 fully saturated rings. The Kier molecular flexibility index (Phi) is 10.4. The van der Waals surface area contributed by atoms with Crippen molar-refractivity contribution < 1.29 is 22.3 Å². The highest BCUT2D eigenvalue weighted by Crippen LogP contribution is 2.45. The van der Waals surface area contributed by atoms with E-state index in [2.05, 4.69) is 66.7 Å². The van der Waals surface area contributed by atoms with Gasteiger partial charge in [0.2, 0.25) is 0 Å². The second kappa shape index (κ2) is 13.5. The summed E-state index contributed by atoms with van der Waals surface area (Å²) >= 11 is 10.4. The zero-order valence-electron chi connectivity index (χ0n) is 29.4. The number of hydrogen-bond donors (Lipinski definition) is 0. The van der Waals surface area contributed by atoms with Crippen molar-refractivity contribution in [1.82, 2.24) is 24.6 Å². The van der Waals surface area contributed by atoms with Crippen LogP contribution in [-0.2, 0) is 11.5 Å². The first-order chi connectivity index (χ1) is 22.2. The molecule has 4 heterocycles. The smallest absolute Gasteiger partial charge is 0.401 e. The van der Waals surface area contributed by atoms with Crippen LogP contribution in [0.2, 0.25) is 23.2 Å². The average Bonchev–Trinajstić information content (AvgIpc) is 3.18. The summed E-state index contributed by atoms with van der Waals surface area (Å²) in [4.78, 5) is 13.7. The van der Waals surface area contributed by atoms with E-state index in [9.17, 15) is 13.2 Å². The summed E-state index contributed by atoms with van der Waals surface area (Å²) in [6.07, 6.45) is -2.35. The summed E-state index contributed by atoms with van der Waals surface area (Å²) in [5.41, 5.74) is 3.82. The minimum absolute atomic E-state index is 0.0348. The molecule has 0 unspecified atom stereocenters. The lowest BCUT2D eigenvalue weighted by Gasteiger charge is -2.61. The van der Waals surface area contributed by atoms with Gasteiger partial charge in [-0.25, -0.2) is 9.97 Å². The fourth-order valence-electron chi connectivity index (χ4n) is 6.52. The predicted molar refractivity (Wildman–Crippen MR) is 191 cm³/mol. The van der Waals surface area contributed by atoms with Gasteiger partial charge >= 0.3 is 6.18 Å². The van der Waals surface area contributed by atoms with Crippen LogP contribution in [0.15, 0.2) is 22.8 Å². The molecule has 1 aromatic carbocycles. The molecular weight excluding hydrogens is 725 g/mol. The van der Waals surface area contributed by atoms with Crippen LogP contribution < -0.4 is 9.64 Å². The van der Waals surface area contributed by atoms with Crippen molar-refractivity contribution in [1.29, 1.82) is 0 Å². The quantitative estimate of drug-likeness (QED) is 0.181. The molecule has 0 saturated carbocycles. The number of alkyl halides is 3. The highest BCUT2D eigenvalue weighted by molar-refractivity contribution is 9.10. The minimum atomic E-state index is -4.19. The van der Waals surface area contributed by atoms with Crippen molar-refractivity contribution in [2.45, 2.75) is 84.8 Å². The Bertz CT molecular complexity index is 1650. The van der Waals surface area contributed by atoms with Crippen molar-refractivity contribution in [3.8, 4) is 28.5 Å². The van der Waals surface area contributed by atoms with Gasteiger partial charge in [0, 0.05) is 55.3 Å². The Balaban J connectivity index is 1.45. The fourth-order valence-corrected chi connectivity index (χ4v) is 8.52. The lowest BCUT2D eigenvalue weighted by atomic mass is 9.72. The normalized spacial score (nSPS) is 17.4. The standard InChI is InChI=1S/C34H47BrClF3N6O2Si/c1-10-11-24(47-48(8,9)32(4,5)6)15-46-23-12-13-26(36)25(14-23)30-40-27(28-22(3)29(35)42-43(28)7)21(2)31(41-30)45-18-33(19-45)16-44(17-33)20-34(37,38)39/h12-14,24H,10-11,15-20H2,1-9H3/t24-/m1/s1. The summed E-state index contributed by atoms with van der Waals surface area (Å²) in [5, 5.41) is 5.13. The van der Waals surface area contributed by atoms with Crippen LogP contribution in [-0.4, -0.2) is 84.6 Å². The Hall–Kier alpha value is -2.19. The van der Waals surface area contributed by atoms with Crippen LogP contribution in [0.3, 0.4) is 0 Å². The zero-order valence-corrected chi connectivity index (χ0v) is 32.7. The van der Waals surface area contributed by atoms with Crippen molar-refractivity contribution in [2.75, 3.05) is 44.2 Å². The highest BCUT2D eigenvalue weighted by Gasteiger charge is 2.54. The highest BCUT2D eigenvalue weighted by atomic mass is 79.9. The first kappa shape index (κ1) is 37.1. The van der Waals surface area contributed by atoms with Crippen LogP contribution in [0.25, 0.3) is 22.8 Å². The molecule has 14 heteroatoms. The maximum Gasteiger partial charge on any atom is 0.401 e. The molecule has 2 aliphatic rings. The molecule has 264 valence electrons. The van der Waals surface area contributed by atoms with Gasteiger partial charge in [0.05, 0.1) is 29.1 Å². The van der Waals surface area contributed by atoms with Crippen LogP contribution in [0, 0.1) is 19.3 Å². The summed E-state index contributed by atoms with van der Waals surface area (Å²) < 4.78 is 54.5. The molecule has 1 atom stereocenters. The van der Waals surface area contributed by atoms with Crippen molar-refractivity contribution >= 4 is 41.7 Å². The Labute approximate surface area is 296 Å². The molecule has 1 spiro atoms. The Morgan fingerprint density at radius 2 is 1.73 bits per heavy atom. The number of rotatable bonds is 11. The largest absolute Gasteiger partial charge is 0.491 e. The van der Waals surface area contributed by atoms with Gasteiger partial charge in [-0.15, -0.1) is 0 Å². The second-order valence-corrected chi connectivity index (χ2v) is 21.0. The van der Waals surface area contributed by atoms with Crippen LogP contribution in [0.1, 0.15) is 51.7 Å². The third-order valence-electron chi connectivity index (χ3n) is 9.94. The van der Waals surface area contributed by atoms with Gasteiger partial charge in [-0.05, 0) is 72.5 Å². The van der Waals surface area contributed by atoms with E-state index in [1.54, 1.807) is 10.7 Å². The molecule has 2 saturated heterocycles. The summed E-state index contributed by atoms with van der Waals surface area (Å²) in [7, 11) is -0.124. The zero-order chi connectivity index (χ0) is 35.4. The first-order valence-electron chi connectivity index (χ1n) is 16.5. The number of hydrogen-bond acceptors (Lipinski definition) is 7. The van der Waals surface area contributed by atoms with Crippen molar-refractivity contribution in [3.63, 3.8) is 0 Å². The maximum absolute atomic E-state index is 13.0. The number of nitrogens with zero attached hydrogens (tertiary/aromatic N) is 6. The Morgan fingerprint density at radius 3 is 2.29 bits per heavy atom. The molecule has 8 nitrogen and oxygen atoms in total. The molecular formula is C34H47BrClF3N6O2Si. The monoisotopic (exact) mass is 770 g/mol. The fraction of sp³-hybridized carbons (Fsp3) is 0.618. The van der Waals surface area contributed by atoms with Gasteiger partial charge in [0.1, 0.15) is 22.8 Å². The summed E-state index contributed by atoms with van der Waals surface area (Å²) in [5.74, 6) is 1.82. The SMILES string of the molecule is CCC[C@H](COc1ccc(Cl)c(-c2nc(-c3c(C)c(Br)nn3C)c(C)c(N3CC4(CN(CC(F)(F)F)C4)C3)n2)c1)O[Si](C)(C)C(C)(C)C. The molecule has 0 aliphatic carbocycles. The summed E-state index contributed by atoms with van der Waals surface area (Å²) in [6.45, 7) is 19.0.